The highest BCUT2D eigenvalue weighted by Crippen LogP contribution is 2.18. The lowest BCUT2D eigenvalue weighted by Gasteiger charge is -2.18. The molecule has 0 fully saturated rings. The maximum Gasteiger partial charge on any atom is 0.256 e. The van der Waals surface area contributed by atoms with Crippen LogP contribution >= 0.6 is 0 Å². The van der Waals surface area contributed by atoms with E-state index in [0.29, 0.717) is 28.9 Å². The fourth-order valence-corrected chi connectivity index (χ4v) is 2.85. The summed E-state index contributed by atoms with van der Waals surface area (Å²) in [5.74, 6) is 0.472. The number of rotatable bonds is 9. The molecule has 0 spiro atoms. The van der Waals surface area contributed by atoms with Gasteiger partial charge in [-0.15, -0.1) is 0 Å². The van der Waals surface area contributed by atoms with E-state index in [4.69, 9.17) is 4.74 Å². The second-order valence-corrected chi connectivity index (χ2v) is 6.05. The molecular weight excluding hydrogens is 342 g/mol. The molecule has 2 rings (SSSR count). The summed E-state index contributed by atoms with van der Waals surface area (Å²) in [5.41, 5.74) is 2.28. The SMILES string of the molecule is CCN(CC)CCC(=NO)c1ccccc1C(=O)Nc1ccc(OC)cc1. The molecule has 2 N–H and O–H groups in total. The highest BCUT2D eigenvalue weighted by molar-refractivity contribution is 6.14. The Labute approximate surface area is 160 Å². The van der Waals surface area contributed by atoms with Crippen molar-refractivity contribution in [3.05, 3.63) is 59.7 Å². The molecule has 0 aliphatic rings. The van der Waals surface area contributed by atoms with Crippen LogP contribution in [-0.2, 0) is 0 Å². The van der Waals surface area contributed by atoms with Crippen LogP contribution in [0.5, 0.6) is 5.75 Å². The highest BCUT2D eigenvalue weighted by atomic mass is 16.5. The van der Waals surface area contributed by atoms with Gasteiger partial charge in [-0.1, -0.05) is 37.2 Å². The van der Waals surface area contributed by atoms with Gasteiger partial charge in [0.05, 0.1) is 12.8 Å². The van der Waals surface area contributed by atoms with E-state index >= 15 is 0 Å². The third-order valence-corrected chi connectivity index (χ3v) is 4.51. The van der Waals surface area contributed by atoms with Gasteiger partial charge < -0.3 is 20.2 Å². The van der Waals surface area contributed by atoms with E-state index in [1.807, 2.05) is 6.07 Å². The van der Waals surface area contributed by atoms with Crippen LogP contribution in [0, 0.1) is 0 Å². The first-order valence-corrected chi connectivity index (χ1v) is 9.11. The van der Waals surface area contributed by atoms with Crippen LogP contribution < -0.4 is 10.1 Å². The van der Waals surface area contributed by atoms with Crippen molar-refractivity contribution < 1.29 is 14.7 Å². The average molecular weight is 369 g/mol. The molecule has 1 amide bonds. The normalized spacial score (nSPS) is 11.5. The zero-order valence-electron chi connectivity index (χ0n) is 16.1. The monoisotopic (exact) mass is 369 g/mol. The lowest BCUT2D eigenvalue weighted by molar-refractivity contribution is 0.102. The number of oxime groups is 1. The molecule has 0 aliphatic carbocycles. The van der Waals surface area contributed by atoms with Crippen LogP contribution in [0.25, 0.3) is 0 Å². The van der Waals surface area contributed by atoms with Gasteiger partial charge in [-0.3, -0.25) is 4.79 Å². The summed E-state index contributed by atoms with van der Waals surface area (Å²) in [6, 6.07) is 14.3. The Morgan fingerprint density at radius 2 is 1.70 bits per heavy atom. The summed E-state index contributed by atoms with van der Waals surface area (Å²) in [7, 11) is 1.60. The van der Waals surface area contributed by atoms with Crippen molar-refractivity contribution in [3.63, 3.8) is 0 Å². The van der Waals surface area contributed by atoms with E-state index in [1.165, 1.54) is 0 Å². The molecule has 0 saturated heterocycles. The molecule has 0 heterocycles. The summed E-state index contributed by atoms with van der Waals surface area (Å²) in [6.07, 6.45) is 0.561. The summed E-state index contributed by atoms with van der Waals surface area (Å²) in [4.78, 5) is 15.0. The molecule has 0 unspecified atom stereocenters. The van der Waals surface area contributed by atoms with Gasteiger partial charge in [0.2, 0.25) is 0 Å². The number of ether oxygens (including phenoxy) is 1. The summed E-state index contributed by atoms with van der Waals surface area (Å²) >= 11 is 0. The van der Waals surface area contributed by atoms with E-state index in [2.05, 4.69) is 29.2 Å². The number of carbonyl (C=O) groups excluding carboxylic acids is 1. The van der Waals surface area contributed by atoms with Crippen LogP contribution in [0.1, 0.15) is 36.2 Å². The maximum atomic E-state index is 12.8. The number of nitrogens with one attached hydrogen (secondary N) is 1. The second-order valence-electron chi connectivity index (χ2n) is 6.05. The quantitative estimate of drug-likeness (QED) is 0.400. The van der Waals surface area contributed by atoms with Crippen LogP contribution in [0.4, 0.5) is 5.69 Å². The van der Waals surface area contributed by atoms with Gasteiger partial charge in [0.1, 0.15) is 5.75 Å². The number of nitrogens with zero attached hydrogens (tertiary/aromatic N) is 2. The van der Waals surface area contributed by atoms with Gasteiger partial charge in [-0.2, -0.15) is 0 Å². The lowest BCUT2D eigenvalue weighted by Crippen LogP contribution is -2.26. The third kappa shape index (κ3) is 5.56. The fraction of sp³-hybridized carbons (Fsp3) is 0.333. The van der Waals surface area contributed by atoms with Crippen molar-refractivity contribution >= 4 is 17.3 Å². The van der Waals surface area contributed by atoms with E-state index in [0.717, 1.165) is 25.4 Å². The predicted molar refractivity (Wildman–Crippen MR) is 108 cm³/mol. The zero-order valence-corrected chi connectivity index (χ0v) is 16.1. The largest absolute Gasteiger partial charge is 0.497 e. The molecule has 2 aromatic rings. The Hall–Kier alpha value is -2.86. The minimum Gasteiger partial charge on any atom is -0.497 e. The molecule has 0 bridgehead atoms. The molecule has 6 nitrogen and oxygen atoms in total. The number of anilines is 1. The Balaban J connectivity index is 2.18. The molecule has 2 aromatic carbocycles. The molecule has 0 aromatic heterocycles. The smallest absolute Gasteiger partial charge is 0.256 e. The second kappa shape index (κ2) is 10.3. The maximum absolute atomic E-state index is 12.8. The van der Waals surface area contributed by atoms with Crippen molar-refractivity contribution in [2.24, 2.45) is 5.16 Å². The number of carbonyl (C=O) groups is 1. The standard InChI is InChI=1S/C21H27N3O3/c1-4-24(5-2)15-14-20(23-26)18-8-6-7-9-19(18)21(25)22-16-10-12-17(27-3)13-11-16/h6-13,26H,4-5,14-15H2,1-3H3,(H,22,25). The lowest BCUT2D eigenvalue weighted by atomic mass is 10.00. The Kier molecular flexibility index (Phi) is 7.82. The van der Waals surface area contributed by atoms with Crippen molar-refractivity contribution in [1.82, 2.24) is 4.90 Å². The number of amides is 1. The molecular formula is C21H27N3O3. The van der Waals surface area contributed by atoms with Crippen molar-refractivity contribution in [2.75, 3.05) is 32.1 Å². The number of methoxy groups -OCH3 is 1. The van der Waals surface area contributed by atoms with E-state index < -0.39 is 0 Å². The molecule has 0 atom stereocenters. The van der Waals surface area contributed by atoms with Gasteiger partial charge in [0.25, 0.3) is 5.91 Å². The third-order valence-electron chi connectivity index (χ3n) is 4.51. The van der Waals surface area contributed by atoms with Gasteiger partial charge in [0, 0.05) is 29.8 Å². The molecule has 144 valence electrons. The van der Waals surface area contributed by atoms with Crippen molar-refractivity contribution in [3.8, 4) is 5.75 Å². The van der Waals surface area contributed by atoms with E-state index in [1.54, 1.807) is 49.6 Å². The average Bonchev–Trinajstić information content (AvgIpc) is 2.72. The Morgan fingerprint density at radius 1 is 1.07 bits per heavy atom. The minimum atomic E-state index is -0.250. The number of hydrogen-bond acceptors (Lipinski definition) is 5. The summed E-state index contributed by atoms with van der Waals surface area (Å²) in [5, 5.41) is 15.9. The molecule has 0 saturated carbocycles. The Bertz CT molecular complexity index is 768. The zero-order chi connectivity index (χ0) is 19.6. The Morgan fingerprint density at radius 3 is 2.26 bits per heavy atom. The van der Waals surface area contributed by atoms with Crippen LogP contribution in [0.15, 0.2) is 53.7 Å². The van der Waals surface area contributed by atoms with Crippen LogP contribution in [0.3, 0.4) is 0 Å². The first kappa shape index (κ1) is 20.5. The first-order chi connectivity index (χ1) is 13.1. The topological polar surface area (TPSA) is 74.2 Å². The van der Waals surface area contributed by atoms with Gasteiger partial charge in [-0.05, 0) is 43.4 Å². The molecule has 0 aliphatic heterocycles. The highest BCUT2D eigenvalue weighted by Gasteiger charge is 2.16. The van der Waals surface area contributed by atoms with Crippen LogP contribution in [0.2, 0.25) is 0 Å². The van der Waals surface area contributed by atoms with Gasteiger partial charge >= 0.3 is 0 Å². The molecule has 0 radical (unpaired) electrons. The summed E-state index contributed by atoms with van der Waals surface area (Å²) < 4.78 is 5.13. The van der Waals surface area contributed by atoms with Crippen molar-refractivity contribution in [2.45, 2.75) is 20.3 Å². The van der Waals surface area contributed by atoms with Gasteiger partial charge in [-0.25, -0.2) is 0 Å². The van der Waals surface area contributed by atoms with Gasteiger partial charge in [0.15, 0.2) is 0 Å². The molecule has 27 heavy (non-hydrogen) atoms. The first-order valence-electron chi connectivity index (χ1n) is 9.11. The molecule has 6 heteroatoms. The van der Waals surface area contributed by atoms with E-state index in [9.17, 15) is 10.0 Å². The number of hydrogen-bond donors (Lipinski definition) is 2. The number of benzene rings is 2. The van der Waals surface area contributed by atoms with Crippen LogP contribution in [-0.4, -0.2) is 48.5 Å². The fourth-order valence-electron chi connectivity index (χ4n) is 2.85. The minimum absolute atomic E-state index is 0.250. The van der Waals surface area contributed by atoms with Crippen molar-refractivity contribution in [1.29, 1.82) is 0 Å². The predicted octanol–water partition coefficient (Wildman–Crippen LogP) is 3.86. The van der Waals surface area contributed by atoms with E-state index in [-0.39, 0.29) is 5.91 Å². The summed E-state index contributed by atoms with van der Waals surface area (Å²) in [6.45, 7) is 6.80.